The van der Waals surface area contributed by atoms with Gasteiger partial charge in [-0.05, 0) is 61.6 Å². The quantitative estimate of drug-likeness (QED) is 0.327. The van der Waals surface area contributed by atoms with E-state index in [2.05, 4.69) is 6.58 Å². The molecule has 0 fully saturated rings. The van der Waals surface area contributed by atoms with Crippen LogP contribution in [-0.4, -0.2) is 17.9 Å². The van der Waals surface area contributed by atoms with Crippen molar-refractivity contribution in [2.24, 2.45) is 0 Å². The molecular weight excluding hydrogens is 458 g/mol. The zero-order valence-electron chi connectivity index (χ0n) is 19.4. The lowest BCUT2D eigenvalue weighted by atomic mass is 9.75. The van der Waals surface area contributed by atoms with E-state index in [0.29, 0.717) is 45.4 Å². The molecule has 0 saturated heterocycles. The Morgan fingerprint density at radius 3 is 2.35 bits per heavy atom. The van der Waals surface area contributed by atoms with Gasteiger partial charge in [0.05, 0.1) is 5.76 Å². The molecule has 0 spiro atoms. The highest BCUT2D eigenvalue weighted by Gasteiger charge is 2.51. The van der Waals surface area contributed by atoms with E-state index in [9.17, 15) is 31.1 Å². The summed E-state index contributed by atoms with van der Waals surface area (Å²) in [5.41, 5.74) is 3.70. The highest BCUT2D eigenvalue weighted by atomic mass is 19.4. The van der Waals surface area contributed by atoms with Gasteiger partial charge in [-0.15, -0.1) is 0 Å². The van der Waals surface area contributed by atoms with Gasteiger partial charge in [-0.1, -0.05) is 18.7 Å². The molecule has 0 bridgehead atoms. The number of carbonyl (C=O) groups excluding carboxylic acids is 1. The summed E-state index contributed by atoms with van der Waals surface area (Å²) in [5, 5.41) is 0. The van der Waals surface area contributed by atoms with Gasteiger partial charge in [-0.3, -0.25) is 4.79 Å². The predicted molar refractivity (Wildman–Crippen MR) is 117 cm³/mol. The molecule has 2 aromatic carbocycles. The first-order valence-corrected chi connectivity index (χ1v) is 10.8. The lowest BCUT2D eigenvalue weighted by Gasteiger charge is -2.28. The molecule has 2 aliphatic carbocycles. The minimum Gasteiger partial charge on any atom is -0.485 e. The number of rotatable bonds is 3. The maximum atomic E-state index is 14.9. The maximum Gasteiger partial charge on any atom is 0.386 e. The molecule has 2 unspecified atom stereocenters. The van der Waals surface area contributed by atoms with Gasteiger partial charge in [0, 0.05) is 42.4 Å². The molecule has 0 aromatic heterocycles. The van der Waals surface area contributed by atoms with Gasteiger partial charge < -0.3 is 4.74 Å². The van der Waals surface area contributed by atoms with Crippen LogP contribution in [0.15, 0.2) is 36.6 Å². The summed E-state index contributed by atoms with van der Waals surface area (Å²) in [6, 6.07) is 6.69. The first kappa shape index (κ1) is 25.8. The Morgan fingerprint density at radius 2 is 1.76 bits per heavy atom. The Bertz CT molecular complexity index is 1130. The minimum absolute atomic E-state index is 0.101. The second kappa shape index (κ2) is 9.12. The highest BCUT2D eigenvalue weighted by molar-refractivity contribution is 5.99. The predicted octanol–water partition coefficient (Wildman–Crippen LogP) is 7.90. The maximum absolute atomic E-state index is 14.9. The Kier molecular flexibility index (Phi) is 6.93. The Morgan fingerprint density at radius 1 is 1.15 bits per heavy atom. The van der Waals surface area contributed by atoms with Crippen LogP contribution < -0.4 is 0 Å². The fraction of sp³-hybridized carbons (Fsp3) is 0.423. The molecule has 184 valence electrons. The summed E-state index contributed by atoms with van der Waals surface area (Å²) in [6.07, 6.45) is -5.20. The molecule has 0 radical (unpaired) electrons. The van der Waals surface area contributed by atoms with Crippen molar-refractivity contribution in [2.45, 2.75) is 71.1 Å². The molecule has 8 heteroatoms. The van der Waals surface area contributed by atoms with Crippen molar-refractivity contribution < 1.29 is 35.9 Å². The first-order valence-electron chi connectivity index (χ1n) is 10.8. The molecule has 0 saturated carbocycles. The van der Waals surface area contributed by atoms with E-state index >= 15 is 0 Å². The number of alkyl halides is 5. The topological polar surface area (TPSA) is 26.3 Å². The molecule has 2 nitrogen and oxygen atoms in total. The van der Waals surface area contributed by atoms with Crippen molar-refractivity contribution >= 4 is 5.78 Å². The molecular formula is C26H26F6O2. The molecule has 4 rings (SSSR count). The smallest absolute Gasteiger partial charge is 0.386 e. The standard InChI is InChI=1S/C24H23F3O2.C2H3F3/c1-12(2)29-23-21-14(4)5-6-15(18(21)11-24(23,26)27)16-7-8-20(28)17-9-13(3)10-19(25)22(16)17;1-2(3,4)5/h5-6,9-10,16,23H,1,7-8,11H2,2-4H3;1H3. The van der Waals surface area contributed by atoms with Crippen molar-refractivity contribution in [1.29, 1.82) is 0 Å². The number of fused-ring (bicyclic) bond motifs is 2. The lowest BCUT2D eigenvalue weighted by molar-refractivity contribution is -0.110. The van der Waals surface area contributed by atoms with Crippen LogP contribution in [0.2, 0.25) is 0 Å². The van der Waals surface area contributed by atoms with E-state index in [1.807, 2.05) is 0 Å². The number of ketones is 1. The van der Waals surface area contributed by atoms with Gasteiger partial charge >= 0.3 is 6.18 Å². The van der Waals surface area contributed by atoms with E-state index in [1.54, 1.807) is 39.0 Å². The Balaban J connectivity index is 0.000000588. The van der Waals surface area contributed by atoms with E-state index < -0.39 is 36.4 Å². The average molecular weight is 484 g/mol. The SMILES string of the molecule is C=C(C)OC1c2c(C)ccc(C3CCC(=O)c4cc(C)cc(F)c43)c2CC1(F)F.CC(F)(F)F. The van der Waals surface area contributed by atoms with Crippen LogP contribution in [0.5, 0.6) is 0 Å². The normalized spacial score (nSPS) is 20.7. The molecule has 0 aliphatic heterocycles. The number of allylic oxidation sites excluding steroid dienone is 1. The van der Waals surface area contributed by atoms with Crippen molar-refractivity contribution in [3.05, 3.63) is 81.4 Å². The van der Waals surface area contributed by atoms with Crippen LogP contribution in [0.1, 0.15) is 82.4 Å². The summed E-state index contributed by atoms with van der Waals surface area (Å²) in [7, 11) is 0. The molecule has 2 aliphatic rings. The molecule has 0 heterocycles. The van der Waals surface area contributed by atoms with E-state index in [-0.39, 0.29) is 24.9 Å². The number of aryl methyl sites for hydroxylation is 2. The molecule has 34 heavy (non-hydrogen) atoms. The van der Waals surface area contributed by atoms with E-state index in [1.165, 1.54) is 6.07 Å². The van der Waals surface area contributed by atoms with Gasteiger partial charge in [-0.2, -0.15) is 13.2 Å². The van der Waals surface area contributed by atoms with Gasteiger partial charge in [0.15, 0.2) is 11.9 Å². The summed E-state index contributed by atoms with van der Waals surface area (Å²) >= 11 is 0. The Hall–Kier alpha value is -2.77. The molecule has 0 amide bonds. The fourth-order valence-electron chi connectivity index (χ4n) is 4.78. The Labute approximate surface area is 194 Å². The number of carbonyl (C=O) groups is 1. The lowest BCUT2D eigenvalue weighted by Crippen LogP contribution is -2.24. The third-order valence-electron chi connectivity index (χ3n) is 5.95. The van der Waals surface area contributed by atoms with Crippen molar-refractivity contribution in [1.82, 2.24) is 0 Å². The van der Waals surface area contributed by atoms with Gasteiger partial charge in [-0.25, -0.2) is 13.2 Å². The number of benzene rings is 2. The minimum atomic E-state index is -4.00. The molecule has 2 aromatic rings. The van der Waals surface area contributed by atoms with E-state index in [4.69, 9.17) is 4.74 Å². The number of hydrogen-bond acceptors (Lipinski definition) is 2. The first-order chi connectivity index (χ1) is 15.6. The summed E-state index contributed by atoms with van der Waals surface area (Å²) in [4.78, 5) is 12.4. The molecule has 2 atom stereocenters. The van der Waals surface area contributed by atoms with Gasteiger partial charge in [0.25, 0.3) is 5.92 Å². The number of halogens is 6. The summed E-state index contributed by atoms with van der Waals surface area (Å²) in [6.45, 7) is 8.87. The van der Waals surface area contributed by atoms with Gasteiger partial charge in [0.1, 0.15) is 5.82 Å². The second-order valence-electron chi connectivity index (χ2n) is 9.01. The largest absolute Gasteiger partial charge is 0.485 e. The van der Waals surface area contributed by atoms with Crippen LogP contribution >= 0.6 is 0 Å². The van der Waals surface area contributed by atoms with Crippen LogP contribution in [-0.2, 0) is 11.2 Å². The monoisotopic (exact) mass is 484 g/mol. The van der Waals surface area contributed by atoms with E-state index in [0.717, 1.165) is 0 Å². The number of hydrogen-bond donors (Lipinski definition) is 0. The average Bonchev–Trinajstić information content (AvgIpc) is 2.93. The third kappa shape index (κ3) is 5.31. The zero-order valence-corrected chi connectivity index (χ0v) is 19.4. The number of Topliss-reactive ketones (excluding diaryl/α,β-unsaturated/α-hetero) is 1. The van der Waals surface area contributed by atoms with Crippen LogP contribution in [0, 0.1) is 19.7 Å². The highest BCUT2D eigenvalue weighted by Crippen LogP contribution is 2.51. The van der Waals surface area contributed by atoms with Crippen molar-refractivity contribution in [3.63, 3.8) is 0 Å². The summed E-state index contributed by atoms with van der Waals surface area (Å²) < 4.78 is 81.2. The summed E-state index contributed by atoms with van der Waals surface area (Å²) in [5.74, 6) is -3.84. The number of ether oxygens (including phenoxy) is 1. The van der Waals surface area contributed by atoms with Crippen molar-refractivity contribution in [2.75, 3.05) is 0 Å². The van der Waals surface area contributed by atoms with Crippen molar-refractivity contribution in [3.8, 4) is 0 Å². The van der Waals surface area contributed by atoms with Gasteiger partial charge in [0.2, 0.25) is 0 Å². The fourth-order valence-corrected chi connectivity index (χ4v) is 4.78. The third-order valence-corrected chi connectivity index (χ3v) is 5.95. The van der Waals surface area contributed by atoms with Crippen LogP contribution in [0.4, 0.5) is 26.3 Å². The zero-order chi connectivity index (χ0) is 25.6. The molecule has 0 N–H and O–H groups in total. The van der Waals surface area contributed by atoms with Crippen LogP contribution in [0.25, 0.3) is 0 Å². The van der Waals surface area contributed by atoms with Crippen LogP contribution in [0.3, 0.4) is 0 Å². The second-order valence-corrected chi connectivity index (χ2v) is 9.01.